The Morgan fingerprint density at radius 3 is 2.68 bits per heavy atom. The number of aliphatic carboxylic acids is 1. The van der Waals surface area contributed by atoms with Gasteiger partial charge in [0.1, 0.15) is 11.8 Å². The number of hydrogen-bond donors (Lipinski definition) is 1. The Kier molecular flexibility index (Phi) is 4.67. The first-order valence-electron chi connectivity index (χ1n) is 8.30. The first-order valence-corrected chi connectivity index (χ1v) is 8.30. The maximum Gasteiger partial charge on any atom is 0.320 e. The van der Waals surface area contributed by atoms with Crippen LogP contribution in [-0.2, 0) is 11.2 Å². The van der Waals surface area contributed by atoms with Gasteiger partial charge in [0.15, 0.2) is 0 Å². The fourth-order valence-electron chi connectivity index (χ4n) is 4.17. The van der Waals surface area contributed by atoms with Crippen LogP contribution in [0.4, 0.5) is 0 Å². The molecular formula is C18H25NO3. The summed E-state index contributed by atoms with van der Waals surface area (Å²) in [6.07, 6.45) is 6.61. The van der Waals surface area contributed by atoms with Crippen LogP contribution < -0.4 is 4.74 Å². The average molecular weight is 303 g/mol. The number of nitrogens with zero attached hydrogens (tertiary/aromatic N) is 1. The Balaban J connectivity index is 1.66. The Hall–Kier alpha value is -1.55. The SMILES string of the molecule is COc1ccc(CCN2[C@H](C(=O)O)C[C@H]3CCCC[C@@H]32)cc1. The molecule has 0 bridgehead atoms. The molecule has 0 unspecified atom stereocenters. The van der Waals surface area contributed by atoms with Crippen LogP contribution in [0.3, 0.4) is 0 Å². The molecule has 1 saturated heterocycles. The lowest BCUT2D eigenvalue weighted by Gasteiger charge is -2.33. The van der Waals surface area contributed by atoms with Gasteiger partial charge in [-0.15, -0.1) is 0 Å². The standard InChI is InChI=1S/C18H25NO3/c1-22-15-8-6-13(7-9-15)10-11-19-16-5-3-2-4-14(16)12-17(19)18(20)21/h6-9,14,16-17H,2-5,10-12H2,1H3,(H,20,21)/t14-,16+,17+/m1/s1. The van der Waals surface area contributed by atoms with E-state index in [2.05, 4.69) is 17.0 Å². The number of carbonyl (C=O) groups is 1. The molecule has 0 aromatic heterocycles. The van der Waals surface area contributed by atoms with Crippen molar-refractivity contribution in [3.05, 3.63) is 29.8 Å². The summed E-state index contributed by atoms with van der Waals surface area (Å²) in [7, 11) is 1.67. The number of carboxylic acid groups (broad SMARTS) is 1. The van der Waals surface area contributed by atoms with Crippen LogP contribution in [-0.4, -0.2) is 41.7 Å². The van der Waals surface area contributed by atoms with E-state index in [0.717, 1.165) is 31.6 Å². The number of rotatable bonds is 5. The van der Waals surface area contributed by atoms with Crippen molar-refractivity contribution in [2.45, 2.75) is 50.6 Å². The highest BCUT2D eigenvalue weighted by atomic mass is 16.5. The van der Waals surface area contributed by atoms with Gasteiger partial charge >= 0.3 is 5.97 Å². The zero-order valence-corrected chi connectivity index (χ0v) is 13.2. The van der Waals surface area contributed by atoms with Crippen molar-refractivity contribution in [2.24, 2.45) is 5.92 Å². The number of methoxy groups -OCH3 is 1. The largest absolute Gasteiger partial charge is 0.497 e. The van der Waals surface area contributed by atoms with E-state index in [1.54, 1.807) is 7.11 Å². The lowest BCUT2D eigenvalue weighted by molar-refractivity contribution is -0.142. The third kappa shape index (κ3) is 3.12. The van der Waals surface area contributed by atoms with Crippen LogP contribution in [0.5, 0.6) is 5.75 Å². The van der Waals surface area contributed by atoms with Crippen LogP contribution >= 0.6 is 0 Å². The monoisotopic (exact) mass is 303 g/mol. The molecule has 1 N–H and O–H groups in total. The van der Waals surface area contributed by atoms with Crippen molar-refractivity contribution in [1.29, 1.82) is 0 Å². The molecule has 1 aliphatic heterocycles. The highest BCUT2D eigenvalue weighted by Gasteiger charge is 2.44. The van der Waals surface area contributed by atoms with Crippen molar-refractivity contribution in [3.8, 4) is 5.75 Å². The molecule has 2 fully saturated rings. The summed E-state index contributed by atoms with van der Waals surface area (Å²) in [6, 6.07) is 8.28. The molecule has 120 valence electrons. The topological polar surface area (TPSA) is 49.8 Å². The first-order chi connectivity index (χ1) is 10.7. The van der Waals surface area contributed by atoms with Crippen molar-refractivity contribution >= 4 is 5.97 Å². The van der Waals surface area contributed by atoms with Crippen LogP contribution in [0.15, 0.2) is 24.3 Å². The third-order valence-corrected chi connectivity index (χ3v) is 5.32. The zero-order chi connectivity index (χ0) is 15.5. The summed E-state index contributed by atoms with van der Waals surface area (Å²) >= 11 is 0. The van der Waals surface area contributed by atoms with Gasteiger partial charge in [-0.05, 0) is 49.3 Å². The second kappa shape index (κ2) is 6.69. The molecule has 3 rings (SSSR count). The summed E-state index contributed by atoms with van der Waals surface area (Å²) < 4.78 is 5.18. The molecule has 0 amide bonds. The fourth-order valence-corrected chi connectivity index (χ4v) is 4.17. The maximum absolute atomic E-state index is 11.6. The van der Waals surface area contributed by atoms with E-state index in [0.29, 0.717) is 12.0 Å². The van der Waals surface area contributed by atoms with Gasteiger partial charge in [0.05, 0.1) is 7.11 Å². The van der Waals surface area contributed by atoms with E-state index in [9.17, 15) is 9.90 Å². The number of ether oxygens (including phenoxy) is 1. The Morgan fingerprint density at radius 2 is 2.00 bits per heavy atom. The normalized spacial score (nSPS) is 28.3. The third-order valence-electron chi connectivity index (χ3n) is 5.32. The van der Waals surface area contributed by atoms with Gasteiger partial charge in [0.2, 0.25) is 0 Å². The van der Waals surface area contributed by atoms with Gasteiger partial charge in [-0.25, -0.2) is 0 Å². The van der Waals surface area contributed by atoms with E-state index in [-0.39, 0.29) is 6.04 Å². The molecule has 2 aliphatic rings. The fraction of sp³-hybridized carbons (Fsp3) is 0.611. The summed E-state index contributed by atoms with van der Waals surface area (Å²) in [4.78, 5) is 13.9. The molecule has 4 nitrogen and oxygen atoms in total. The zero-order valence-electron chi connectivity index (χ0n) is 13.2. The highest BCUT2D eigenvalue weighted by molar-refractivity contribution is 5.74. The molecule has 1 saturated carbocycles. The van der Waals surface area contributed by atoms with E-state index in [1.807, 2.05) is 12.1 Å². The number of benzene rings is 1. The predicted molar refractivity (Wildman–Crippen MR) is 85.2 cm³/mol. The summed E-state index contributed by atoms with van der Waals surface area (Å²) in [5, 5.41) is 9.54. The Bertz CT molecular complexity index is 514. The summed E-state index contributed by atoms with van der Waals surface area (Å²) in [6.45, 7) is 0.838. The highest BCUT2D eigenvalue weighted by Crippen LogP contribution is 2.39. The van der Waals surface area contributed by atoms with Crippen LogP contribution in [0, 0.1) is 5.92 Å². The first kappa shape index (κ1) is 15.3. The molecule has 1 aromatic carbocycles. The Morgan fingerprint density at radius 1 is 1.27 bits per heavy atom. The summed E-state index contributed by atoms with van der Waals surface area (Å²) in [5.41, 5.74) is 1.24. The molecule has 1 heterocycles. The van der Waals surface area contributed by atoms with Gasteiger partial charge < -0.3 is 9.84 Å². The lowest BCUT2D eigenvalue weighted by atomic mass is 9.84. The van der Waals surface area contributed by atoms with Crippen LogP contribution in [0.1, 0.15) is 37.7 Å². The van der Waals surface area contributed by atoms with E-state index >= 15 is 0 Å². The van der Waals surface area contributed by atoms with E-state index < -0.39 is 5.97 Å². The number of carboxylic acids is 1. The van der Waals surface area contributed by atoms with Crippen LogP contribution in [0.25, 0.3) is 0 Å². The van der Waals surface area contributed by atoms with Gasteiger partial charge in [0, 0.05) is 12.6 Å². The second-order valence-electron chi connectivity index (χ2n) is 6.54. The van der Waals surface area contributed by atoms with Gasteiger partial charge in [0.25, 0.3) is 0 Å². The lowest BCUT2D eigenvalue weighted by Crippen LogP contribution is -2.43. The van der Waals surface area contributed by atoms with Crippen molar-refractivity contribution in [2.75, 3.05) is 13.7 Å². The van der Waals surface area contributed by atoms with Gasteiger partial charge in [-0.3, -0.25) is 9.69 Å². The molecule has 4 heteroatoms. The minimum atomic E-state index is -0.649. The Labute approximate surface area is 132 Å². The molecule has 3 atom stereocenters. The van der Waals surface area contributed by atoms with Crippen molar-refractivity contribution in [1.82, 2.24) is 4.90 Å². The summed E-state index contributed by atoms with van der Waals surface area (Å²) in [5.74, 6) is 0.801. The molecule has 0 spiro atoms. The molecular weight excluding hydrogens is 278 g/mol. The smallest absolute Gasteiger partial charge is 0.320 e. The minimum absolute atomic E-state index is 0.286. The van der Waals surface area contributed by atoms with Gasteiger partial charge in [-0.1, -0.05) is 25.0 Å². The van der Waals surface area contributed by atoms with Crippen molar-refractivity contribution < 1.29 is 14.6 Å². The van der Waals surface area contributed by atoms with Gasteiger partial charge in [-0.2, -0.15) is 0 Å². The molecule has 0 radical (unpaired) electrons. The average Bonchev–Trinajstić information content (AvgIpc) is 2.92. The van der Waals surface area contributed by atoms with E-state index in [4.69, 9.17) is 4.74 Å². The predicted octanol–water partition coefficient (Wildman–Crippen LogP) is 2.96. The van der Waals surface area contributed by atoms with Crippen molar-refractivity contribution in [3.63, 3.8) is 0 Å². The number of fused-ring (bicyclic) bond motifs is 1. The van der Waals surface area contributed by atoms with E-state index in [1.165, 1.54) is 24.8 Å². The number of likely N-dealkylation sites (tertiary alicyclic amines) is 1. The van der Waals surface area contributed by atoms with Crippen LogP contribution in [0.2, 0.25) is 0 Å². The minimum Gasteiger partial charge on any atom is -0.497 e. The number of hydrogen-bond acceptors (Lipinski definition) is 3. The molecule has 1 aliphatic carbocycles. The quantitative estimate of drug-likeness (QED) is 0.908. The molecule has 22 heavy (non-hydrogen) atoms. The maximum atomic E-state index is 11.6. The second-order valence-corrected chi connectivity index (χ2v) is 6.54. The molecule has 1 aromatic rings.